The summed E-state index contributed by atoms with van der Waals surface area (Å²) in [6.07, 6.45) is 0. The van der Waals surface area contributed by atoms with Gasteiger partial charge in [-0.25, -0.2) is 4.98 Å². The van der Waals surface area contributed by atoms with E-state index in [9.17, 15) is 4.79 Å². The highest BCUT2D eigenvalue weighted by Crippen LogP contribution is 2.34. The summed E-state index contributed by atoms with van der Waals surface area (Å²) in [4.78, 5) is 20.3. The first-order chi connectivity index (χ1) is 14.2. The second kappa shape index (κ2) is 8.36. The molecule has 2 aromatic carbocycles. The zero-order chi connectivity index (χ0) is 20.2. The van der Waals surface area contributed by atoms with Crippen LogP contribution in [0.2, 0.25) is 0 Å². The number of amides is 1. The molecule has 0 saturated carbocycles. The van der Waals surface area contributed by atoms with Gasteiger partial charge in [0.2, 0.25) is 0 Å². The maximum atomic E-state index is 12.3. The summed E-state index contributed by atoms with van der Waals surface area (Å²) in [6, 6.07) is 15.4. The van der Waals surface area contributed by atoms with Gasteiger partial charge in [0.05, 0.1) is 12.3 Å². The van der Waals surface area contributed by atoms with Crippen LogP contribution in [0, 0.1) is 6.92 Å². The van der Waals surface area contributed by atoms with Crippen LogP contribution in [-0.4, -0.2) is 29.1 Å². The number of ether oxygens (including phenoxy) is 2. The zero-order valence-corrected chi connectivity index (χ0v) is 17.0. The SMILES string of the molecule is CCOc1ccccc1OCC(=O)Nc1nc(-c2c(C)[nH]c3ccccc23)cs1. The van der Waals surface area contributed by atoms with Gasteiger partial charge in [0, 0.05) is 27.5 Å². The summed E-state index contributed by atoms with van der Waals surface area (Å²) in [5, 5.41) is 6.41. The van der Waals surface area contributed by atoms with Crippen LogP contribution >= 0.6 is 11.3 Å². The zero-order valence-electron chi connectivity index (χ0n) is 16.2. The van der Waals surface area contributed by atoms with Crippen molar-refractivity contribution >= 4 is 33.3 Å². The molecule has 0 atom stereocenters. The van der Waals surface area contributed by atoms with Crippen LogP contribution in [0.4, 0.5) is 5.13 Å². The number of fused-ring (bicyclic) bond motifs is 1. The molecule has 0 unspecified atom stereocenters. The Labute approximate surface area is 172 Å². The van der Waals surface area contributed by atoms with Gasteiger partial charge >= 0.3 is 0 Å². The van der Waals surface area contributed by atoms with E-state index >= 15 is 0 Å². The lowest BCUT2D eigenvalue weighted by molar-refractivity contribution is -0.118. The topological polar surface area (TPSA) is 76.2 Å². The summed E-state index contributed by atoms with van der Waals surface area (Å²) < 4.78 is 11.1. The predicted octanol–water partition coefficient (Wildman–Crippen LogP) is 5.02. The highest BCUT2D eigenvalue weighted by Gasteiger charge is 2.15. The molecule has 0 spiro atoms. The Bertz CT molecular complexity index is 1150. The molecule has 6 nitrogen and oxygen atoms in total. The minimum Gasteiger partial charge on any atom is -0.490 e. The first kappa shape index (κ1) is 19.0. The smallest absolute Gasteiger partial charge is 0.264 e. The largest absolute Gasteiger partial charge is 0.490 e. The molecule has 29 heavy (non-hydrogen) atoms. The standard InChI is InChI=1S/C22H21N3O3S/c1-3-27-18-10-6-7-11-19(18)28-12-20(26)25-22-24-17(13-29-22)21-14(2)23-16-9-5-4-8-15(16)21/h4-11,13,23H,3,12H2,1-2H3,(H,24,25,26). The maximum Gasteiger partial charge on any atom is 0.264 e. The molecule has 0 aliphatic rings. The Morgan fingerprint density at radius 1 is 1.10 bits per heavy atom. The molecule has 7 heteroatoms. The highest BCUT2D eigenvalue weighted by molar-refractivity contribution is 7.14. The van der Waals surface area contributed by atoms with Gasteiger partial charge in [-0.15, -0.1) is 11.3 Å². The van der Waals surface area contributed by atoms with E-state index < -0.39 is 0 Å². The number of rotatable bonds is 7. The van der Waals surface area contributed by atoms with Crippen molar-refractivity contribution in [3.8, 4) is 22.8 Å². The summed E-state index contributed by atoms with van der Waals surface area (Å²) in [5.41, 5.74) is 4.01. The van der Waals surface area contributed by atoms with Crippen molar-refractivity contribution in [2.45, 2.75) is 13.8 Å². The normalized spacial score (nSPS) is 10.8. The van der Waals surface area contributed by atoms with Crippen LogP contribution in [0.1, 0.15) is 12.6 Å². The fourth-order valence-electron chi connectivity index (χ4n) is 3.20. The van der Waals surface area contributed by atoms with Gasteiger partial charge in [0.1, 0.15) is 0 Å². The van der Waals surface area contributed by atoms with Gasteiger partial charge in [-0.05, 0) is 32.0 Å². The molecule has 0 radical (unpaired) electrons. The van der Waals surface area contributed by atoms with Crippen molar-refractivity contribution in [2.24, 2.45) is 0 Å². The minimum atomic E-state index is -0.271. The number of anilines is 1. The Morgan fingerprint density at radius 3 is 2.62 bits per heavy atom. The Hall–Kier alpha value is -3.32. The quantitative estimate of drug-likeness (QED) is 0.451. The second-order valence-corrected chi connectivity index (χ2v) is 7.28. The van der Waals surface area contributed by atoms with Crippen LogP contribution < -0.4 is 14.8 Å². The van der Waals surface area contributed by atoms with E-state index in [1.54, 1.807) is 6.07 Å². The highest BCUT2D eigenvalue weighted by atomic mass is 32.1. The second-order valence-electron chi connectivity index (χ2n) is 6.43. The molecular weight excluding hydrogens is 386 g/mol. The lowest BCUT2D eigenvalue weighted by Gasteiger charge is -2.10. The van der Waals surface area contributed by atoms with Crippen molar-refractivity contribution < 1.29 is 14.3 Å². The number of para-hydroxylation sites is 3. The number of benzene rings is 2. The molecule has 2 aromatic heterocycles. The number of carbonyl (C=O) groups excluding carboxylic acids is 1. The fraction of sp³-hybridized carbons (Fsp3) is 0.182. The average molecular weight is 407 g/mol. The molecule has 1 amide bonds. The van der Waals surface area contributed by atoms with Crippen molar-refractivity contribution in [3.05, 3.63) is 59.6 Å². The molecule has 4 aromatic rings. The molecule has 2 N–H and O–H groups in total. The number of thiazole rings is 1. The van der Waals surface area contributed by atoms with Crippen LogP contribution in [0.15, 0.2) is 53.9 Å². The van der Waals surface area contributed by atoms with Crippen molar-refractivity contribution in [1.82, 2.24) is 9.97 Å². The molecule has 4 rings (SSSR count). The number of aryl methyl sites for hydroxylation is 1. The van der Waals surface area contributed by atoms with Crippen LogP contribution in [0.5, 0.6) is 11.5 Å². The average Bonchev–Trinajstić information content (AvgIpc) is 3.30. The van der Waals surface area contributed by atoms with Crippen LogP contribution in [0.3, 0.4) is 0 Å². The van der Waals surface area contributed by atoms with E-state index in [-0.39, 0.29) is 12.5 Å². The first-order valence-electron chi connectivity index (χ1n) is 9.33. The number of aromatic nitrogens is 2. The van der Waals surface area contributed by atoms with Gasteiger partial charge in [-0.2, -0.15) is 0 Å². The lowest BCUT2D eigenvalue weighted by atomic mass is 10.1. The summed E-state index contributed by atoms with van der Waals surface area (Å²) in [6.45, 7) is 4.34. The number of hydrogen-bond acceptors (Lipinski definition) is 5. The number of nitrogens with one attached hydrogen (secondary N) is 2. The van der Waals surface area contributed by atoms with Gasteiger partial charge in [0.15, 0.2) is 23.2 Å². The van der Waals surface area contributed by atoms with Gasteiger partial charge in [-0.1, -0.05) is 30.3 Å². The van der Waals surface area contributed by atoms with Crippen molar-refractivity contribution in [1.29, 1.82) is 0 Å². The van der Waals surface area contributed by atoms with E-state index in [1.807, 2.05) is 55.6 Å². The van der Waals surface area contributed by atoms with E-state index in [2.05, 4.69) is 21.4 Å². The third-order valence-corrected chi connectivity index (χ3v) is 5.17. The first-order valence-corrected chi connectivity index (χ1v) is 10.2. The maximum absolute atomic E-state index is 12.3. The van der Waals surface area contributed by atoms with Crippen molar-refractivity contribution in [3.63, 3.8) is 0 Å². The molecule has 0 fully saturated rings. The Kier molecular flexibility index (Phi) is 5.48. The third kappa shape index (κ3) is 4.09. The number of carbonyl (C=O) groups is 1. The number of hydrogen-bond donors (Lipinski definition) is 2. The van der Waals surface area contributed by atoms with Gasteiger partial charge < -0.3 is 14.5 Å². The van der Waals surface area contributed by atoms with Gasteiger partial charge in [-0.3, -0.25) is 10.1 Å². The number of aromatic amines is 1. The molecular formula is C22H21N3O3S. The molecule has 0 bridgehead atoms. The van der Waals surface area contributed by atoms with Crippen molar-refractivity contribution in [2.75, 3.05) is 18.5 Å². The summed E-state index contributed by atoms with van der Waals surface area (Å²) in [7, 11) is 0. The molecule has 0 aliphatic heterocycles. The molecule has 148 valence electrons. The fourth-order valence-corrected chi connectivity index (χ4v) is 3.91. The van der Waals surface area contributed by atoms with E-state index in [4.69, 9.17) is 9.47 Å². The monoisotopic (exact) mass is 407 g/mol. The summed E-state index contributed by atoms with van der Waals surface area (Å²) in [5.74, 6) is 0.890. The Balaban J connectivity index is 1.44. The van der Waals surface area contributed by atoms with E-state index in [0.29, 0.717) is 23.2 Å². The van der Waals surface area contributed by atoms with E-state index in [1.165, 1.54) is 11.3 Å². The molecule has 0 saturated heterocycles. The minimum absolute atomic E-state index is 0.120. The predicted molar refractivity (Wildman–Crippen MR) is 116 cm³/mol. The summed E-state index contributed by atoms with van der Waals surface area (Å²) >= 11 is 1.39. The third-order valence-electron chi connectivity index (χ3n) is 4.41. The lowest BCUT2D eigenvalue weighted by Crippen LogP contribution is -2.20. The van der Waals surface area contributed by atoms with Crippen LogP contribution in [-0.2, 0) is 4.79 Å². The van der Waals surface area contributed by atoms with Gasteiger partial charge in [0.25, 0.3) is 5.91 Å². The number of H-pyrrole nitrogens is 1. The molecule has 0 aliphatic carbocycles. The number of nitrogens with zero attached hydrogens (tertiary/aromatic N) is 1. The Morgan fingerprint density at radius 2 is 1.83 bits per heavy atom. The van der Waals surface area contributed by atoms with E-state index in [0.717, 1.165) is 27.9 Å². The molecule has 2 heterocycles. The van der Waals surface area contributed by atoms with Crippen LogP contribution in [0.25, 0.3) is 22.2 Å².